The van der Waals surface area contributed by atoms with Crippen LogP contribution in [-0.2, 0) is 14.8 Å². The lowest BCUT2D eigenvalue weighted by atomic mass is 10.0. The molecular weight excluding hydrogens is 238 g/mol. The number of rotatable bonds is 5. The lowest BCUT2D eigenvalue weighted by molar-refractivity contribution is -0.142. The van der Waals surface area contributed by atoms with Crippen molar-refractivity contribution in [2.24, 2.45) is 0 Å². The Morgan fingerprint density at radius 1 is 1.67 bits per heavy atom. The Bertz CT molecular complexity index is 357. The van der Waals surface area contributed by atoms with Crippen molar-refractivity contribution in [3.63, 3.8) is 0 Å². The molecule has 0 spiro atoms. The number of thioether (sulfide) groups is 1. The number of sulfonamides is 1. The van der Waals surface area contributed by atoms with Crippen LogP contribution in [0.2, 0.25) is 0 Å². The van der Waals surface area contributed by atoms with Crippen LogP contribution in [0.5, 0.6) is 0 Å². The number of aliphatic carboxylic acids is 1. The Balaban J connectivity index is 2.85. The molecule has 1 unspecified atom stereocenters. The molecule has 86 valence electrons. The van der Waals surface area contributed by atoms with E-state index in [1.807, 2.05) is 0 Å². The maximum Gasteiger partial charge on any atom is 0.325 e. The minimum Gasteiger partial charge on any atom is -0.480 e. The normalized spacial score (nSPS) is 26.4. The zero-order valence-corrected chi connectivity index (χ0v) is 9.73. The SMILES string of the molecule is C=CCS(=O)(=O)NC1(C(=O)O)CCSC1. The number of hydrogen-bond donors (Lipinski definition) is 2. The fourth-order valence-electron chi connectivity index (χ4n) is 1.35. The van der Waals surface area contributed by atoms with Crippen molar-refractivity contribution in [3.8, 4) is 0 Å². The van der Waals surface area contributed by atoms with E-state index in [1.54, 1.807) is 0 Å². The Morgan fingerprint density at radius 3 is 2.73 bits per heavy atom. The molecule has 0 bridgehead atoms. The second kappa shape index (κ2) is 4.54. The number of nitrogens with one attached hydrogen (secondary N) is 1. The van der Waals surface area contributed by atoms with Gasteiger partial charge in [-0.25, -0.2) is 8.42 Å². The summed E-state index contributed by atoms with van der Waals surface area (Å²) in [7, 11) is -3.58. The fourth-order valence-corrected chi connectivity index (χ4v) is 4.02. The molecule has 1 saturated heterocycles. The number of carboxylic acids is 1. The minimum absolute atomic E-state index is 0.257. The molecule has 1 atom stereocenters. The predicted molar refractivity (Wildman–Crippen MR) is 59.4 cm³/mol. The third-order valence-corrected chi connectivity index (χ3v) is 4.69. The fraction of sp³-hybridized carbons (Fsp3) is 0.625. The maximum absolute atomic E-state index is 11.4. The topological polar surface area (TPSA) is 83.5 Å². The Hall–Kier alpha value is -0.530. The molecule has 0 aromatic rings. The molecule has 1 aliphatic heterocycles. The Morgan fingerprint density at radius 2 is 2.33 bits per heavy atom. The maximum atomic E-state index is 11.4. The summed E-state index contributed by atoms with van der Waals surface area (Å²) in [6, 6.07) is 0. The molecule has 0 radical (unpaired) electrons. The quantitative estimate of drug-likeness (QED) is 0.675. The lowest BCUT2D eigenvalue weighted by Crippen LogP contribution is -2.55. The van der Waals surface area contributed by atoms with Gasteiger partial charge in [-0.2, -0.15) is 16.5 Å². The van der Waals surface area contributed by atoms with E-state index in [-0.39, 0.29) is 11.5 Å². The standard InChI is InChI=1S/C8H13NO4S2/c1-2-5-15(12,13)9-8(7(10)11)3-4-14-6-8/h2,9H,1,3-6H2,(H,10,11). The summed E-state index contributed by atoms with van der Waals surface area (Å²) in [5.41, 5.74) is -1.33. The van der Waals surface area contributed by atoms with E-state index < -0.39 is 21.5 Å². The van der Waals surface area contributed by atoms with Crippen LogP contribution < -0.4 is 4.72 Å². The molecule has 0 saturated carbocycles. The first kappa shape index (κ1) is 12.5. The van der Waals surface area contributed by atoms with E-state index in [9.17, 15) is 13.2 Å². The van der Waals surface area contributed by atoms with Crippen molar-refractivity contribution in [1.82, 2.24) is 4.72 Å². The summed E-state index contributed by atoms with van der Waals surface area (Å²) < 4.78 is 25.1. The monoisotopic (exact) mass is 251 g/mol. The number of carboxylic acid groups (broad SMARTS) is 1. The van der Waals surface area contributed by atoms with Gasteiger partial charge in [0.05, 0.1) is 5.75 Å². The molecular formula is C8H13NO4S2. The van der Waals surface area contributed by atoms with Crippen molar-refractivity contribution in [1.29, 1.82) is 0 Å². The zero-order chi connectivity index (χ0) is 11.5. The van der Waals surface area contributed by atoms with Crippen LogP contribution in [-0.4, -0.2) is 42.3 Å². The molecule has 5 nitrogen and oxygen atoms in total. The van der Waals surface area contributed by atoms with E-state index in [0.29, 0.717) is 12.2 Å². The van der Waals surface area contributed by atoms with Crippen LogP contribution in [0.25, 0.3) is 0 Å². The summed E-state index contributed by atoms with van der Waals surface area (Å²) in [5, 5.41) is 9.03. The molecule has 0 aromatic carbocycles. The smallest absolute Gasteiger partial charge is 0.325 e. The van der Waals surface area contributed by atoms with Crippen LogP contribution in [0, 0.1) is 0 Å². The average molecular weight is 251 g/mol. The van der Waals surface area contributed by atoms with Gasteiger partial charge in [-0.3, -0.25) is 4.79 Å². The van der Waals surface area contributed by atoms with Gasteiger partial charge < -0.3 is 5.11 Å². The molecule has 0 aliphatic carbocycles. The summed E-state index contributed by atoms with van der Waals surface area (Å²) in [6.45, 7) is 3.32. The van der Waals surface area contributed by atoms with Crippen LogP contribution in [0.4, 0.5) is 0 Å². The van der Waals surface area contributed by atoms with E-state index in [4.69, 9.17) is 5.11 Å². The van der Waals surface area contributed by atoms with Crippen molar-refractivity contribution >= 4 is 27.8 Å². The van der Waals surface area contributed by atoms with Crippen LogP contribution >= 0.6 is 11.8 Å². The predicted octanol–water partition coefficient (Wildman–Crippen LogP) is 0.0521. The molecule has 1 fully saturated rings. The first-order valence-corrected chi connectivity index (χ1v) is 7.16. The van der Waals surface area contributed by atoms with Gasteiger partial charge in [-0.05, 0) is 12.2 Å². The van der Waals surface area contributed by atoms with Crippen molar-refractivity contribution < 1.29 is 18.3 Å². The van der Waals surface area contributed by atoms with Crippen molar-refractivity contribution in [3.05, 3.63) is 12.7 Å². The highest BCUT2D eigenvalue weighted by Crippen LogP contribution is 2.28. The Labute approximate surface area is 93.0 Å². The number of carbonyl (C=O) groups is 1. The highest BCUT2D eigenvalue weighted by Gasteiger charge is 2.44. The molecule has 7 heteroatoms. The minimum atomic E-state index is -3.58. The van der Waals surface area contributed by atoms with Gasteiger partial charge in [0.15, 0.2) is 0 Å². The van der Waals surface area contributed by atoms with E-state index in [1.165, 1.54) is 17.8 Å². The first-order chi connectivity index (χ1) is 6.92. The van der Waals surface area contributed by atoms with Gasteiger partial charge in [0.1, 0.15) is 5.54 Å². The van der Waals surface area contributed by atoms with Gasteiger partial charge in [-0.15, -0.1) is 6.58 Å². The van der Waals surface area contributed by atoms with Crippen LogP contribution in [0.3, 0.4) is 0 Å². The van der Waals surface area contributed by atoms with Gasteiger partial charge in [0.2, 0.25) is 10.0 Å². The molecule has 1 aliphatic rings. The van der Waals surface area contributed by atoms with Gasteiger partial charge in [0, 0.05) is 5.75 Å². The molecule has 1 rings (SSSR count). The summed E-state index contributed by atoms with van der Waals surface area (Å²) in [6.07, 6.45) is 1.56. The molecule has 0 aromatic heterocycles. The molecule has 0 amide bonds. The Kier molecular flexibility index (Phi) is 3.80. The van der Waals surface area contributed by atoms with E-state index in [0.717, 1.165) is 0 Å². The van der Waals surface area contributed by atoms with Crippen molar-refractivity contribution in [2.45, 2.75) is 12.0 Å². The zero-order valence-electron chi connectivity index (χ0n) is 8.10. The summed E-state index contributed by atoms with van der Waals surface area (Å²) >= 11 is 1.43. The third-order valence-electron chi connectivity index (χ3n) is 2.12. The molecule has 2 N–H and O–H groups in total. The van der Waals surface area contributed by atoms with Crippen molar-refractivity contribution in [2.75, 3.05) is 17.3 Å². The van der Waals surface area contributed by atoms with E-state index in [2.05, 4.69) is 11.3 Å². The van der Waals surface area contributed by atoms with Gasteiger partial charge in [-0.1, -0.05) is 6.08 Å². The van der Waals surface area contributed by atoms with Gasteiger partial charge in [0.25, 0.3) is 0 Å². The molecule has 15 heavy (non-hydrogen) atoms. The number of hydrogen-bond acceptors (Lipinski definition) is 4. The van der Waals surface area contributed by atoms with Gasteiger partial charge >= 0.3 is 5.97 Å². The largest absolute Gasteiger partial charge is 0.480 e. The van der Waals surface area contributed by atoms with Crippen LogP contribution in [0.1, 0.15) is 6.42 Å². The first-order valence-electron chi connectivity index (χ1n) is 4.35. The summed E-state index contributed by atoms with van der Waals surface area (Å²) in [4.78, 5) is 11.0. The average Bonchev–Trinajstić information content (AvgIpc) is 2.52. The lowest BCUT2D eigenvalue weighted by Gasteiger charge is -2.23. The summed E-state index contributed by atoms with van der Waals surface area (Å²) in [5.74, 6) is -0.436. The highest BCUT2D eigenvalue weighted by atomic mass is 32.2. The second-order valence-corrected chi connectivity index (χ2v) is 6.23. The van der Waals surface area contributed by atoms with Crippen LogP contribution in [0.15, 0.2) is 12.7 Å². The molecule has 1 heterocycles. The third kappa shape index (κ3) is 2.96. The van der Waals surface area contributed by atoms with E-state index >= 15 is 0 Å². The second-order valence-electron chi connectivity index (χ2n) is 3.36. The highest BCUT2D eigenvalue weighted by molar-refractivity contribution is 7.99.